The number of carbonyl (C=O) groups excluding carboxylic acids is 1. The van der Waals surface area contributed by atoms with E-state index < -0.39 is 5.60 Å². The van der Waals surface area contributed by atoms with Crippen LogP contribution in [0.4, 0.5) is 0 Å². The number of halogens is 1. The molecule has 0 radical (unpaired) electrons. The monoisotopic (exact) mass is 545 g/mol. The molecular weight excluding hydrogens is 498 g/mol. The summed E-state index contributed by atoms with van der Waals surface area (Å²) in [6.45, 7) is 18.9. The van der Waals surface area contributed by atoms with Gasteiger partial charge in [-0.1, -0.05) is 71.7 Å². The van der Waals surface area contributed by atoms with Crippen molar-refractivity contribution < 1.29 is 19.4 Å². The summed E-state index contributed by atoms with van der Waals surface area (Å²) in [5.41, 5.74) is 2.90. The standard InChI is InChI=1S/C24H32ClNO3.C8H16O/c1-7-16(5)13-29-24-17(6)19(20(25)12-26-24)14-28-21-11-9-10-18(8-2)22(21)23(27)15(3)4;1-6(7-4-5-7)8(2,3)9/h9-12,15-16H,7-8,13-14H2,1-6H3;6-7,9H,4-5H2,1-3H3. The molecule has 5 nitrogen and oxygen atoms in total. The smallest absolute Gasteiger partial charge is 0.216 e. The van der Waals surface area contributed by atoms with Gasteiger partial charge in [-0.2, -0.15) is 0 Å². The number of nitrogens with zero attached hydrogens (tertiary/aromatic N) is 1. The third kappa shape index (κ3) is 8.98. The minimum absolute atomic E-state index is 0.0903. The van der Waals surface area contributed by atoms with Gasteiger partial charge in [-0.05, 0) is 69.4 Å². The summed E-state index contributed by atoms with van der Waals surface area (Å²) < 4.78 is 12.0. The maximum Gasteiger partial charge on any atom is 0.216 e. The topological polar surface area (TPSA) is 68.7 Å². The van der Waals surface area contributed by atoms with Crippen molar-refractivity contribution in [3.63, 3.8) is 0 Å². The van der Waals surface area contributed by atoms with Crippen LogP contribution in [-0.4, -0.2) is 28.1 Å². The van der Waals surface area contributed by atoms with Gasteiger partial charge in [0.15, 0.2) is 5.78 Å². The Morgan fingerprint density at radius 2 is 1.82 bits per heavy atom. The predicted octanol–water partition coefficient (Wildman–Crippen LogP) is 8.25. The Hall–Kier alpha value is -2.11. The summed E-state index contributed by atoms with van der Waals surface area (Å²) in [7, 11) is 0. The van der Waals surface area contributed by atoms with Gasteiger partial charge in [0, 0.05) is 23.2 Å². The molecule has 38 heavy (non-hydrogen) atoms. The maximum atomic E-state index is 12.8. The second-order valence-corrected chi connectivity index (χ2v) is 12.0. The average Bonchev–Trinajstić information content (AvgIpc) is 3.72. The molecule has 2 aromatic rings. The number of ketones is 1. The van der Waals surface area contributed by atoms with Crippen molar-refractivity contribution in [3.05, 3.63) is 51.7 Å². The van der Waals surface area contributed by atoms with Gasteiger partial charge in [-0.3, -0.25) is 4.79 Å². The van der Waals surface area contributed by atoms with Crippen molar-refractivity contribution in [1.82, 2.24) is 4.98 Å². The van der Waals surface area contributed by atoms with Gasteiger partial charge in [-0.25, -0.2) is 4.98 Å². The molecule has 3 rings (SSSR count). The third-order valence-corrected chi connectivity index (χ3v) is 7.96. The summed E-state index contributed by atoms with van der Waals surface area (Å²) in [5, 5.41) is 10.0. The number of carbonyl (C=O) groups is 1. The number of ether oxygens (including phenoxy) is 2. The van der Waals surface area contributed by atoms with Crippen LogP contribution >= 0.6 is 11.6 Å². The van der Waals surface area contributed by atoms with Gasteiger partial charge < -0.3 is 14.6 Å². The Kier molecular flexibility index (Phi) is 12.1. The number of rotatable bonds is 12. The van der Waals surface area contributed by atoms with Crippen LogP contribution in [0.25, 0.3) is 0 Å². The van der Waals surface area contributed by atoms with Crippen molar-refractivity contribution in [3.8, 4) is 11.6 Å². The maximum absolute atomic E-state index is 12.8. The van der Waals surface area contributed by atoms with Gasteiger partial charge in [0.25, 0.3) is 0 Å². The van der Waals surface area contributed by atoms with E-state index in [9.17, 15) is 9.90 Å². The zero-order chi connectivity index (χ0) is 28.6. The van der Waals surface area contributed by atoms with Gasteiger partial charge in [0.2, 0.25) is 5.88 Å². The second kappa shape index (κ2) is 14.3. The Morgan fingerprint density at radius 1 is 1.16 bits per heavy atom. The van der Waals surface area contributed by atoms with E-state index in [1.807, 2.05) is 59.7 Å². The van der Waals surface area contributed by atoms with E-state index in [2.05, 4.69) is 25.8 Å². The van der Waals surface area contributed by atoms with Crippen LogP contribution < -0.4 is 9.47 Å². The number of pyridine rings is 1. The Morgan fingerprint density at radius 3 is 2.32 bits per heavy atom. The zero-order valence-electron chi connectivity index (χ0n) is 24.9. The van der Waals surface area contributed by atoms with Crippen LogP contribution in [0.3, 0.4) is 0 Å². The van der Waals surface area contributed by atoms with E-state index in [1.54, 1.807) is 6.20 Å². The van der Waals surface area contributed by atoms with Crippen molar-refractivity contribution in [1.29, 1.82) is 0 Å². The molecule has 2 unspecified atom stereocenters. The first-order valence-electron chi connectivity index (χ1n) is 14.1. The van der Waals surface area contributed by atoms with E-state index in [1.165, 1.54) is 12.8 Å². The van der Waals surface area contributed by atoms with Crippen LogP contribution in [0.15, 0.2) is 24.4 Å². The highest BCUT2D eigenvalue weighted by Gasteiger charge is 2.36. The van der Waals surface area contributed by atoms with Gasteiger partial charge >= 0.3 is 0 Å². The van der Waals surface area contributed by atoms with Gasteiger partial charge in [0.1, 0.15) is 12.4 Å². The largest absolute Gasteiger partial charge is 0.488 e. The predicted molar refractivity (Wildman–Crippen MR) is 156 cm³/mol. The van der Waals surface area contributed by atoms with Crippen LogP contribution in [0.5, 0.6) is 11.6 Å². The number of aliphatic hydroxyl groups is 1. The van der Waals surface area contributed by atoms with Crippen molar-refractivity contribution in [2.75, 3.05) is 6.61 Å². The fourth-order valence-corrected chi connectivity index (χ4v) is 4.39. The molecule has 0 spiro atoms. The molecule has 1 heterocycles. The molecule has 0 bridgehead atoms. The van der Waals surface area contributed by atoms with E-state index in [0.29, 0.717) is 40.7 Å². The van der Waals surface area contributed by atoms with Gasteiger partial charge in [0.05, 0.1) is 22.8 Å². The molecule has 212 valence electrons. The molecule has 1 saturated carbocycles. The number of benzene rings is 1. The highest BCUT2D eigenvalue weighted by molar-refractivity contribution is 6.31. The first-order chi connectivity index (χ1) is 17.8. The Bertz CT molecular complexity index is 1060. The molecule has 0 saturated heterocycles. The minimum Gasteiger partial charge on any atom is -0.488 e. The summed E-state index contributed by atoms with van der Waals surface area (Å²) in [4.78, 5) is 17.1. The summed E-state index contributed by atoms with van der Waals surface area (Å²) in [5.74, 6) is 2.91. The van der Waals surface area contributed by atoms with Crippen molar-refractivity contribution in [2.24, 2.45) is 23.7 Å². The molecule has 0 aliphatic heterocycles. The number of hydrogen-bond acceptors (Lipinski definition) is 5. The Balaban J connectivity index is 0.000000474. The molecule has 0 amide bonds. The van der Waals surface area contributed by atoms with Crippen LogP contribution in [0, 0.1) is 30.6 Å². The molecule has 1 fully saturated rings. The molecule has 1 aromatic heterocycles. The van der Waals surface area contributed by atoms with Crippen molar-refractivity contribution in [2.45, 2.75) is 100 Å². The van der Waals surface area contributed by atoms with Crippen LogP contribution in [0.1, 0.15) is 102 Å². The average molecular weight is 546 g/mol. The van der Waals surface area contributed by atoms with Crippen molar-refractivity contribution >= 4 is 17.4 Å². The number of hydrogen-bond donors (Lipinski definition) is 1. The first-order valence-corrected chi connectivity index (χ1v) is 14.5. The molecule has 1 aliphatic rings. The number of aromatic nitrogens is 1. The molecule has 1 aromatic carbocycles. The highest BCUT2D eigenvalue weighted by atomic mass is 35.5. The zero-order valence-corrected chi connectivity index (χ0v) is 25.6. The number of Topliss-reactive ketones (excluding diaryl/α,β-unsaturated/α-hetero) is 1. The quantitative estimate of drug-likeness (QED) is 0.272. The molecule has 6 heteroatoms. The molecule has 1 aliphatic carbocycles. The molecule has 1 N–H and O–H groups in total. The Labute approximate surface area is 235 Å². The highest BCUT2D eigenvalue weighted by Crippen LogP contribution is 2.41. The fourth-order valence-electron chi connectivity index (χ4n) is 4.14. The lowest BCUT2D eigenvalue weighted by Crippen LogP contribution is -2.29. The molecular formula is C32H48ClNO4. The second-order valence-electron chi connectivity index (χ2n) is 11.6. The lowest BCUT2D eigenvalue weighted by atomic mass is 9.89. The van der Waals surface area contributed by atoms with E-state index in [0.717, 1.165) is 35.4 Å². The van der Waals surface area contributed by atoms with Crippen LogP contribution in [0.2, 0.25) is 5.02 Å². The summed E-state index contributed by atoms with van der Waals surface area (Å²) in [6, 6.07) is 5.75. The lowest BCUT2D eigenvalue weighted by Gasteiger charge is -2.25. The van der Waals surface area contributed by atoms with Gasteiger partial charge in [-0.15, -0.1) is 0 Å². The summed E-state index contributed by atoms with van der Waals surface area (Å²) in [6.07, 6.45) is 6.06. The fraction of sp³-hybridized carbons (Fsp3) is 0.625. The van der Waals surface area contributed by atoms with E-state index in [4.69, 9.17) is 21.1 Å². The minimum atomic E-state index is -0.457. The third-order valence-electron chi connectivity index (χ3n) is 7.64. The SMILES string of the molecule is CC(C1CC1)C(C)(C)O.CCc1cccc(OCc2c(Cl)cnc(OCC(C)CC)c2C)c1C(=O)C(C)C. The first kappa shape index (κ1) is 32.1. The summed E-state index contributed by atoms with van der Waals surface area (Å²) >= 11 is 6.40. The van der Waals surface area contributed by atoms with E-state index >= 15 is 0 Å². The van der Waals surface area contributed by atoms with Crippen LogP contribution in [-0.2, 0) is 13.0 Å². The molecule has 2 atom stereocenters. The normalized spacial score (nSPS) is 14.9. The number of aryl methyl sites for hydroxylation is 1. The lowest BCUT2D eigenvalue weighted by molar-refractivity contribution is 0.0155. The van der Waals surface area contributed by atoms with E-state index in [-0.39, 0.29) is 18.3 Å².